The van der Waals surface area contributed by atoms with Crippen molar-refractivity contribution < 1.29 is 0 Å². The maximum Gasteiger partial charge on any atom is 0.159 e. The summed E-state index contributed by atoms with van der Waals surface area (Å²) in [5.41, 5.74) is 2.09. The van der Waals surface area contributed by atoms with Crippen LogP contribution in [0.2, 0.25) is 0 Å². The van der Waals surface area contributed by atoms with Gasteiger partial charge in [0.15, 0.2) is 3.92 Å². The molecule has 1 nitrogen and oxygen atoms in total. The molecule has 72 valence electrons. The highest BCUT2D eigenvalue weighted by Gasteiger charge is 2.04. The van der Waals surface area contributed by atoms with Crippen molar-refractivity contribution in [3.8, 4) is 11.3 Å². The molecule has 2 aromatic rings. The molecule has 0 bridgehead atoms. The first kappa shape index (κ1) is 10.8. The van der Waals surface area contributed by atoms with Gasteiger partial charge in [0.25, 0.3) is 0 Å². The molecule has 5 heteroatoms. The van der Waals surface area contributed by atoms with Crippen molar-refractivity contribution >= 4 is 59.1 Å². The Labute approximate surface area is 111 Å². The van der Waals surface area contributed by atoms with Gasteiger partial charge in [-0.2, -0.15) is 0 Å². The van der Waals surface area contributed by atoms with Gasteiger partial charge in [-0.05, 0) is 34.1 Å². The first-order chi connectivity index (χ1) is 6.65. The maximum absolute atomic E-state index is 4.36. The lowest BCUT2D eigenvalue weighted by Crippen LogP contribution is -1.78. The van der Waals surface area contributed by atoms with Crippen molar-refractivity contribution in [1.29, 1.82) is 0 Å². The third-order valence-electron chi connectivity index (χ3n) is 1.63. The molecule has 2 rings (SSSR count). The molecule has 0 atom stereocenters. The second kappa shape index (κ2) is 4.43. The first-order valence-corrected chi connectivity index (χ1v) is 6.98. The minimum absolute atomic E-state index is 0.906. The maximum atomic E-state index is 4.36. The summed E-state index contributed by atoms with van der Waals surface area (Å²) in [6.45, 7) is 0. The van der Waals surface area contributed by atoms with Crippen LogP contribution in [0.1, 0.15) is 0 Å². The van der Waals surface area contributed by atoms with Gasteiger partial charge in [0.2, 0.25) is 0 Å². The molecule has 0 aliphatic rings. The van der Waals surface area contributed by atoms with Crippen molar-refractivity contribution in [2.24, 2.45) is 0 Å². The van der Waals surface area contributed by atoms with E-state index < -0.39 is 0 Å². The molecule has 0 amide bonds. The molecular weight excluding hydrogens is 394 g/mol. The molecule has 0 saturated heterocycles. The van der Waals surface area contributed by atoms with E-state index in [0.717, 1.165) is 24.1 Å². The van der Waals surface area contributed by atoms with Crippen LogP contribution in [-0.4, -0.2) is 4.98 Å². The summed E-state index contributed by atoms with van der Waals surface area (Å²) in [6.07, 6.45) is 0. The van der Waals surface area contributed by atoms with Crippen LogP contribution in [-0.2, 0) is 0 Å². The molecule has 0 N–H and O–H groups in total. The normalized spacial score (nSPS) is 10.5. The van der Waals surface area contributed by atoms with Crippen molar-refractivity contribution in [2.75, 3.05) is 0 Å². The largest absolute Gasteiger partial charge is 0.229 e. The highest BCUT2D eigenvalue weighted by Crippen LogP contribution is 2.29. The third kappa shape index (κ3) is 2.45. The molecule has 0 fully saturated rings. The molecule has 0 saturated carbocycles. The van der Waals surface area contributed by atoms with E-state index >= 15 is 0 Å². The van der Waals surface area contributed by atoms with E-state index in [-0.39, 0.29) is 0 Å². The van der Waals surface area contributed by atoms with E-state index in [4.69, 9.17) is 0 Å². The second-order valence-electron chi connectivity index (χ2n) is 2.64. The van der Waals surface area contributed by atoms with Gasteiger partial charge < -0.3 is 0 Å². The quantitative estimate of drug-likeness (QED) is 0.652. The summed E-state index contributed by atoms with van der Waals surface area (Å²) in [5, 5.41) is 2.03. The minimum atomic E-state index is 0.906. The first-order valence-electron chi connectivity index (χ1n) is 3.72. The third-order valence-corrected chi connectivity index (χ3v) is 3.92. The number of aromatic nitrogens is 1. The van der Waals surface area contributed by atoms with Gasteiger partial charge >= 0.3 is 0 Å². The molecule has 14 heavy (non-hydrogen) atoms. The smallest absolute Gasteiger partial charge is 0.159 e. The zero-order chi connectivity index (χ0) is 10.1. The predicted molar refractivity (Wildman–Crippen MR) is 70.7 cm³/mol. The Morgan fingerprint density at radius 1 is 1.00 bits per heavy atom. The zero-order valence-corrected chi connectivity index (χ0v) is 12.4. The van der Waals surface area contributed by atoms with Gasteiger partial charge in [-0.3, -0.25) is 0 Å². The van der Waals surface area contributed by atoms with Crippen LogP contribution in [0.15, 0.2) is 36.4 Å². The number of thiazole rings is 1. The molecule has 1 aromatic carbocycles. The molecule has 0 aliphatic carbocycles. The summed E-state index contributed by atoms with van der Waals surface area (Å²) < 4.78 is 3.00. The van der Waals surface area contributed by atoms with E-state index in [9.17, 15) is 0 Å². The highest BCUT2D eigenvalue weighted by molar-refractivity contribution is 9.11. The summed E-state index contributed by atoms with van der Waals surface area (Å²) in [6, 6.07) is 6.10. The SMILES string of the molecule is Brc1cc(Br)cc(-c2csc(Br)n2)c1. The van der Waals surface area contributed by atoms with E-state index in [2.05, 4.69) is 52.8 Å². The summed E-state index contributed by atoms with van der Waals surface area (Å²) in [7, 11) is 0. The van der Waals surface area contributed by atoms with Gasteiger partial charge in [0.1, 0.15) is 0 Å². The van der Waals surface area contributed by atoms with Crippen LogP contribution in [0.3, 0.4) is 0 Å². The number of hydrogen-bond acceptors (Lipinski definition) is 2. The van der Waals surface area contributed by atoms with Crippen molar-refractivity contribution in [3.05, 3.63) is 36.4 Å². The van der Waals surface area contributed by atoms with Gasteiger partial charge in [0, 0.05) is 19.9 Å². The zero-order valence-electron chi connectivity index (χ0n) is 6.80. The van der Waals surface area contributed by atoms with Crippen LogP contribution in [0.4, 0.5) is 0 Å². The molecule has 0 spiro atoms. The summed E-state index contributed by atoms with van der Waals surface area (Å²) in [4.78, 5) is 4.36. The summed E-state index contributed by atoms with van der Waals surface area (Å²) >= 11 is 11.8. The van der Waals surface area contributed by atoms with Crippen molar-refractivity contribution in [1.82, 2.24) is 4.98 Å². The number of halogens is 3. The fraction of sp³-hybridized carbons (Fsp3) is 0. The van der Waals surface area contributed by atoms with E-state index in [1.54, 1.807) is 11.3 Å². The Kier molecular flexibility index (Phi) is 3.42. The summed E-state index contributed by atoms with van der Waals surface area (Å²) in [5.74, 6) is 0. The number of nitrogens with zero attached hydrogens (tertiary/aromatic N) is 1. The van der Waals surface area contributed by atoms with E-state index in [1.165, 1.54) is 0 Å². The lowest BCUT2D eigenvalue weighted by Gasteiger charge is -1.99. The Bertz CT molecular complexity index is 447. The average Bonchev–Trinajstić information content (AvgIpc) is 2.50. The van der Waals surface area contributed by atoms with Crippen LogP contribution in [0.5, 0.6) is 0 Å². The molecular formula is C9H4Br3NS. The van der Waals surface area contributed by atoms with Crippen molar-refractivity contribution in [2.45, 2.75) is 0 Å². The van der Waals surface area contributed by atoms with Crippen LogP contribution in [0.25, 0.3) is 11.3 Å². The van der Waals surface area contributed by atoms with Gasteiger partial charge in [-0.25, -0.2) is 4.98 Å². The Morgan fingerprint density at radius 2 is 1.64 bits per heavy atom. The van der Waals surface area contributed by atoms with Gasteiger partial charge in [0.05, 0.1) is 5.69 Å². The van der Waals surface area contributed by atoms with Crippen LogP contribution >= 0.6 is 59.1 Å². The molecule has 0 radical (unpaired) electrons. The highest BCUT2D eigenvalue weighted by atomic mass is 79.9. The lowest BCUT2D eigenvalue weighted by molar-refractivity contribution is 1.37. The molecule has 1 heterocycles. The van der Waals surface area contributed by atoms with E-state index in [0.29, 0.717) is 0 Å². The van der Waals surface area contributed by atoms with Gasteiger partial charge in [-0.15, -0.1) is 11.3 Å². The second-order valence-corrected chi connectivity index (χ2v) is 6.61. The Hall–Kier alpha value is 0.290. The average molecular weight is 398 g/mol. The number of hydrogen-bond donors (Lipinski definition) is 0. The van der Waals surface area contributed by atoms with E-state index in [1.807, 2.05) is 23.6 Å². The lowest BCUT2D eigenvalue weighted by atomic mass is 10.2. The fourth-order valence-corrected chi connectivity index (χ4v) is 3.40. The van der Waals surface area contributed by atoms with Crippen molar-refractivity contribution in [3.63, 3.8) is 0 Å². The minimum Gasteiger partial charge on any atom is -0.229 e. The van der Waals surface area contributed by atoms with Crippen LogP contribution in [0, 0.1) is 0 Å². The predicted octanol–water partition coefficient (Wildman–Crippen LogP) is 5.10. The molecule has 0 unspecified atom stereocenters. The van der Waals surface area contributed by atoms with Gasteiger partial charge in [-0.1, -0.05) is 31.9 Å². The fourth-order valence-electron chi connectivity index (χ4n) is 1.09. The van der Waals surface area contributed by atoms with Crippen LogP contribution < -0.4 is 0 Å². The topological polar surface area (TPSA) is 12.9 Å². The molecule has 0 aliphatic heterocycles. The Morgan fingerprint density at radius 3 is 2.14 bits per heavy atom. The number of benzene rings is 1. The number of rotatable bonds is 1. The molecule has 1 aromatic heterocycles. The Balaban J connectivity index is 2.51. The monoisotopic (exact) mass is 395 g/mol. The standard InChI is InChI=1S/C9H4Br3NS/c10-6-1-5(2-7(11)3-6)8-4-14-9(12)13-8/h1-4H.